The van der Waals surface area contributed by atoms with Crippen LogP contribution in [0.3, 0.4) is 0 Å². The van der Waals surface area contributed by atoms with E-state index < -0.39 is 17.3 Å². The Balaban J connectivity index is 0.00000289. The molecule has 3 heterocycles. The van der Waals surface area contributed by atoms with Gasteiger partial charge in [-0.15, -0.1) is 0 Å². The summed E-state index contributed by atoms with van der Waals surface area (Å²) in [6.07, 6.45) is 0.148. The maximum atomic E-state index is 13.7. The second-order valence-electron chi connectivity index (χ2n) is 8.50. The van der Waals surface area contributed by atoms with E-state index in [-0.39, 0.29) is 36.9 Å². The summed E-state index contributed by atoms with van der Waals surface area (Å²) >= 11 is 5.96. The van der Waals surface area contributed by atoms with Gasteiger partial charge in [-0.2, -0.15) is 5.10 Å². The molecular formula is C25H23ClFN5O3. The van der Waals surface area contributed by atoms with Crippen LogP contribution in [0.4, 0.5) is 10.1 Å². The van der Waals surface area contributed by atoms with Crippen molar-refractivity contribution in [3.05, 3.63) is 81.5 Å². The molecule has 5 rings (SSSR count). The van der Waals surface area contributed by atoms with Crippen molar-refractivity contribution < 1.29 is 18.7 Å². The molecule has 0 aliphatic carbocycles. The molecule has 1 aromatic heterocycles. The molecule has 2 amide bonds. The van der Waals surface area contributed by atoms with Gasteiger partial charge in [-0.25, -0.2) is 9.24 Å². The molecule has 2 N–H and O–H groups in total. The van der Waals surface area contributed by atoms with Gasteiger partial charge in [0.1, 0.15) is 17.1 Å². The highest BCUT2D eigenvalue weighted by molar-refractivity contribution is 6.31. The molecule has 1 spiro atoms. The van der Waals surface area contributed by atoms with E-state index in [9.17, 15) is 14.0 Å². The molecule has 2 aliphatic rings. The summed E-state index contributed by atoms with van der Waals surface area (Å²) in [7, 11) is 0. The van der Waals surface area contributed by atoms with Crippen molar-refractivity contribution in [1.29, 1.82) is 0 Å². The molecule has 0 radical (unpaired) electrons. The third-order valence-corrected chi connectivity index (χ3v) is 6.50. The quantitative estimate of drug-likeness (QED) is 0.555. The van der Waals surface area contributed by atoms with E-state index in [4.69, 9.17) is 28.6 Å². The molecule has 0 atom stereocenters. The van der Waals surface area contributed by atoms with Crippen LogP contribution in [-0.2, 0) is 28.0 Å². The predicted octanol–water partition coefficient (Wildman–Crippen LogP) is 3.94. The first-order chi connectivity index (χ1) is 16.3. The largest absolute Gasteiger partial charge is 0.376 e. The fourth-order valence-electron chi connectivity index (χ4n) is 4.46. The van der Waals surface area contributed by atoms with Crippen LogP contribution in [0.2, 0.25) is 5.02 Å². The lowest BCUT2D eigenvalue weighted by Gasteiger charge is -2.48. The monoisotopic (exact) mass is 495 g/mol. The average Bonchev–Trinajstić information content (AvgIpc) is 3.19. The molecular weight excluding hydrogens is 473 g/mol. The first kappa shape index (κ1) is 24.4. The topological polar surface area (TPSA) is 94.8 Å². The number of rotatable bonds is 4. The highest BCUT2D eigenvalue weighted by Gasteiger charge is 2.49. The summed E-state index contributed by atoms with van der Waals surface area (Å²) in [5.74, 6) is -1.41. The van der Waals surface area contributed by atoms with Gasteiger partial charge in [0.2, 0.25) is 5.91 Å². The van der Waals surface area contributed by atoms with Crippen LogP contribution in [0.15, 0.2) is 42.5 Å². The molecule has 2 aliphatic heterocycles. The number of benzene rings is 2. The minimum Gasteiger partial charge on any atom is -0.376 e. The van der Waals surface area contributed by atoms with Crippen LogP contribution in [-0.4, -0.2) is 46.3 Å². The average molecular weight is 496 g/mol. The Morgan fingerprint density at radius 1 is 1.23 bits per heavy atom. The van der Waals surface area contributed by atoms with Gasteiger partial charge < -0.3 is 15.4 Å². The molecule has 0 unspecified atom stereocenters. The van der Waals surface area contributed by atoms with E-state index in [1.54, 1.807) is 33.8 Å². The van der Waals surface area contributed by atoms with Gasteiger partial charge in [0.15, 0.2) is 5.69 Å². The maximum absolute atomic E-state index is 13.7. The fraction of sp³-hybridized carbons (Fsp3) is 0.280. The molecule has 35 heavy (non-hydrogen) atoms. The number of nitrogens with zero attached hydrogens (tertiary/aromatic N) is 4. The van der Waals surface area contributed by atoms with E-state index in [0.29, 0.717) is 42.4 Å². The minimum absolute atomic E-state index is 0. The summed E-state index contributed by atoms with van der Waals surface area (Å²) in [4.78, 5) is 30.8. The molecule has 0 saturated carbocycles. The van der Waals surface area contributed by atoms with Gasteiger partial charge in [0, 0.05) is 5.56 Å². The van der Waals surface area contributed by atoms with Crippen LogP contribution in [0.5, 0.6) is 0 Å². The van der Waals surface area contributed by atoms with Crippen molar-refractivity contribution in [3.8, 4) is 11.3 Å². The number of hydrogen-bond acceptors (Lipinski definition) is 4. The number of amides is 2. The zero-order chi connectivity index (χ0) is 24.0. The SMILES string of the molecule is C.[C-]#[N+]c1ccc(CC(=O)N2Cc3c(C(N)=O)c(-c4ccc(F)c(Cl)c4)nn3C3(COC3)C2)cc1. The van der Waals surface area contributed by atoms with Crippen molar-refractivity contribution in [2.45, 2.75) is 25.9 Å². The molecule has 1 fully saturated rings. The highest BCUT2D eigenvalue weighted by Crippen LogP contribution is 2.38. The Labute approximate surface area is 206 Å². The molecule has 3 aromatic rings. The summed E-state index contributed by atoms with van der Waals surface area (Å²) in [6, 6.07) is 11.0. The zero-order valence-electron chi connectivity index (χ0n) is 17.9. The van der Waals surface area contributed by atoms with Crippen LogP contribution < -0.4 is 5.73 Å². The number of aromatic nitrogens is 2. The van der Waals surface area contributed by atoms with Crippen LogP contribution in [0.1, 0.15) is 29.0 Å². The van der Waals surface area contributed by atoms with E-state index in [1.807, 2.05) is 0 Å². The molecule has 0 bridgehead atoms. The maximum Gasteiger partial charge on any atom is 0.252 e. The van der Waals surface area contributed by atoms with E-state index in [2.05, 4.69) is 9.94 Å². The van der Waals surface area contributed by atoms with Gasteiger partial charge in [-0.3, -0.25) is 14.3 Å². The summed E-state index contributed by atoms with van der Waals surface area (Å²) < 4.78 is 20.9. The Morgan fingerprint density at radius 2 is 1.94 bits per heavy atom. The number of carbonyl (C=O) groups excluding carboxylic acids is 2. The lowest BCUT2D eigenvalue weighted by molar-refractivity contribution is -0.153. The first-order valence-electron chi connectivity index (χ1n) is 10.5. The molecule has 180 valence electrons. The number of ether oxygens (including phenoxy) is 1. The second kappa shape index (κ2) is 9.13. The normalized spacial score (nSPS) is 15.5. The number of carbonyl (C=O) groups is 2. The number of halogens is 2. The highest BCUT2D eigenvalue weighted by atomic mass is 35.5. The number of hydrogen-bond donors (Lipinski definition) is 1. The molecule has 2 aromatic carbocycles. The molecule has 1 saturated heterocycles. The Bertz CT molecular complexity index is 1360. The van der Waals surface area contributed by atoms with Gasteiger partial charge in [0.25, 0.3) is 5.91 Å². The Hall–Kier alpha value is -3.74. The number of nitrogens with two attached hydrogens (primary N) is 1. The van der Waals surface area contributed by atoms with Crippen LogP contribution >= 0.6 is 11.6 Å². The molecule has 8 nitrogen and oxygen atoms in total. The lowest BCUT2D eigenvalue weighted by Crippen LogP contribution is -2.63. The summed E-state index contributed by atoms with van der Waals surface area (Å²) in [5.41, 5.74) is 7.84. The van der Waals surface area contributed by atoms with Gasteiger partial charge in [-0.05, 0) is 23.8 Å². The van der Waals surface area contributed by atoms with Crippen molar-refractivity contribution in [2.75, 3.05) is 19.8 Å². The van der Waals surface area contributed by atoms with Crippen molar-refractivity contribution in [3.63, 3.8) is 0 Å². The minimum atomic E-state index is -0.698. The van der Waals surface area contributed by atoms with E-state index in [1.165, 1.54) is 18.2 Å². The van der Waals surface area contributed by atoms with Crippen molar-refractivity contribution in [2.24, 2.45) is 5.73 Å². The van der Waals surface area contributed by atoms with Crippen LogP contribution in [0.25, 0.3) is 16.1 Å². The Morgan fingerprint density at radius 3 is 2.51 bits per heavy atom. The van der Waals surface area contributed by atoms with Crippen molar-refractivity contribution >= 4 is 29.1 Å². The third-order valence-electron chi connectivity index (χ3n) is 6.21. The second-order valence-corrected chi connectivity index (χ2v) is 8.90. The zero-order valence-corrected chi connectivity index (χ0v) is 18.7. The van der Waals surface area contributed by atoms with E-state index in [0.717, 1.165) is 5.56 Å². The first-order valence-corrected chi connectivity index (χ1v) is 10.9. The standard InChI is InChI=1S/C24H19ClFN5O3.CH4/c1-28-16-5-2-14(3-6-16)8-20(32)30-10-19-21(23(27)33)22(15-4-7-18(26)17(25)9-15)29-31(19)24(11-30)12-34-13-24;/h2-7,9H,8,10-13H2,(H2,27,33);1H4. The van der Waals surface area contributed by atoms with Crippen LogP contribution in [0, 0.1) is 12.4 Å². The summed E-state index contributed by atoms with van der Waals surface area (Å²) in [6.45, 7) is 8.22. The van der Waals surface area contributed by atoms with Gasteiger partial charge in [-0.1, -0.05) is 43.3 Å². The number of fused-ring (bicyclic) bond motifs is 2. The Kier molecular flexibility index (Phi) is 6.36. The third kappa shape index (κ3) is 4.16. The van der Waals surface area contributed by atoms with Gasteiger partial charge >= 0.3 is 0 Å². The van der Waals surface area contributed by atoms with E-state index >= 15 is 0 Å². The van der Waals surface area contributed by atoms with Gasteiger partial charge in [0.05, 0.1) is 55.6 Å². The number of primary amides is 1. The fourth-order valence-corrected chi connectivity index (χ4v) is 4.64. The molecule has 10 heteroatoms. The smallest absolute Gasteiger partial charge is 0.252 e. The predicted molar refractivity (Wildman–Crippen MR) is 128 cm³/mol. The lowest BCUT2D eigenvalue weighted by atomic mass is 9.92. The summed E-state index contributed by atoms with van der Waals surface area (Å²) in [5, 5.41) is 4.58. The van der Waals surface area contributed by atoms with Crippen molar-refractivity contribution in [1.82, 2.24) is 14.7 Å².